The van der Waals surface area contributed by atoms with Crippen molar-refractivity contribution < 1.29 is 18.0 Å². The zero-order chi connectivity index (χ0) is 17.9. The molecule has 1 atom stereocenters. The van der Waals surface area contributed by atoms with Gasteiger partial charge in [0.25, 0.3) is 5.91 Å². The number of nitrogens with one attached hydrogen (secondary N) is 1. The van der Waals surface area contributed by atoms with Gasteiger partial charge >= 0.3 is 5.92 Å². The van der Waals surface area contributed by atoms with Crippen LogP contribution < -0.4 is 5.32 Å². The number of carbonyl (C=O) groups excluding carboxylic acids is 1. The van der Waals surface area contributed by atoms with Crippen LogP contribution >= 0.6 is 0 Å². The van der Waals surface area contributed by atoms with Crippen LogP contribution in [-0.2, 0) is 4.79 Å². The molecule has 0 radical (unpaired) electrons. The summed E-state index contributed by atoms with van der Waals surface area (Å²) in [4.78, 5) is 12.0. The van der Waals surface area contributed by atoms with Crippen molar-refractivity contribution in [2.75, 3.05) is 5.32 Å². The predicted molar refractivity (Wildman–Crippen MR) is 91.1 cm³/mol. The van der Waals surface area contributed by atoms with Gasteiger partial charge in [-0.3, -0.25) is 4.79 Å². The Morgan fingerprint density at radius 2 is 1.72 bits per heavy atom. The second kappa shape index (κ2) is 7.13. The molecule has 0 saturated heterocycles. The fraction of sp³-hybridized carbons (Fsp3) is 0.250. The third kappa shape index (κ3) is 3.92. The van der Waals surface area contributed by atoms with E-state index < -0.39 is 17.6 Å². The number of benzene rings is 2. The van der Waals surface area contributed by atoms with E-state index in [0.29, 0.717) is 12.8 Å². The summed E-state index contributed by atoms with van der Waals surface area (Å²) < 4.78 is 41.7. The number of allylic oxidation sites excluding steroid dienone is 1. The molecule has 1 aliphatic rings. The second-order valence-corrected chi connectivity index (χ2v) is 6.15. The van der Waals surface area contributed by atoms with Crippen LogP contribution in [0.25, 0.3) is 0 Å². The Kier molecular flexibility index (Phi) is 4.93. The third-order valence-corrected chi connectivity index (χ3v) is 4.47. The first kappa shape index (κ1) is 17.3. The molecule has 1 amide bonds. The van der Waals surface area contributed by atoms with E-state index in [1.54, 1.807) is 0 Å². The van der Waals surface area contributed by atoms with Crippen LogP contribution in [0.2, 0.25) is 0 Å². The number of alkyl halides is 2. The zero-order valence-corrected chi connectivity index (χ0v) is 13.5. The minimum absolute atomic E-state index is 0.143. The largest absolute Gasteiger partial charge is 0.346 e. The number of anilines is 1. The lowest BCUT2D eigenvalue weighted by molar-refractivity contribution is -0.135. The maximum atomic E-state index is 14.4. The molecule has 0 aliphatic heterocycles. The van der Waals surface area contributed by atoms with E-state index in [9.17, 15) is 18.0 Å². The zero-order valence-electron chi connectivity index (χ0n) is 13.5. The van der Waals surface area contributed by atoms with Crippen molar-refractivity contribution >= 4 is 11.6 Å². The molecule has 1 aliphatic carbocycles. The second-order valence-electron chi connectivity index (χ2n) is 6.15. The van der Waals surface area contributed by atoms with Crippen LogP contribution in [0.5, 0.6) is 0 Å². The maximum Gasteiger partial charge on any atom is 0.346 e. The van der Waals surface area contributed by atoms with E-state index in [0.717, 1.165) is 17.7 Å². The lowest BCUT2D eigenvalue weighted by Gasteiger charge is -2.26. The molecule has 2 aromatic carbocycles. The molecule has 1 N–H and O–H groups in total. The van der Waals surface area contributed by atoms with Gasteiger partial charge in [-0.15, -0.1) is 0 Å². The van der Waals surface area contributed by atoms with Crippen LogP contribution in [-0.4, -0.2) is 11.8 Å². The summed E-state index contributed by atoms with van der Waals surface area (Å²) in [5, 5.41) is 2.15. The molecule has 2 nitrogen and oxygen atoms in total. The molecule has 0 fully saturated rings. The van der Waals surface area contributed by atoms with Gasteiger partial charge in [-0.05, 0) is 55.0 Å². The van der Waals surface area contributed by atoms with Gasteiger partial charge in [0, 0.05) is 11.3 Å². The summed E-state index contributed by atoms with van der Waals surface area (Å²) in [6.45, 7) is 0. The molecule has 0 aromatic heterocycles. The van der Waals surface area contributed by atoms with Crippen LogP contribution in [0.4, 0.5) is 18.9 Å². The van der Waals surface area contributed by atoms with Crippen molar-refractivity contribution in [1.82, 2.24) is 0 Å². The first-order valence-corrected chi connectivity index (χ1v) is 8.16. The minimum atomic E-state index is -3.57. The summed E-state index contributed by atoms with van der Waals surface area (Å²) in [7, 11) is 0. The van der Waals surface area contributed by atoms with Crippen LogP contribution in [0.1, 0.15) is 30.7 Å². The highest BCUT2D eigenvalue weighted by molar-refractivity contribution is 5.98. The van der Waals surface area contributed by atoms with E-state index in [2.05, 4.69) is 5.32 Å². The van der Waals surface area contributed by atoms with E-state index in [1.165, 1.54) is 18.2 Å². The standard InChI is InChI=1S/C20H18F3NO/c21-17-10-12-18(13-11-17)24-19(25)20(22,23)16-8-6-15(7-9-16)14-4-2-1-3-5-14/h1-5,8,10-13,15H,6-7,9H2,(H,24,25)/t15-/m1/s1. The fourth-order valence-corrected chi connectivity index (χ4v) is 3.04. The molecule has 0 saturated carbocycles. The van der Waals surface area contributed by atoms with Crippen molar-refractivity contribution in [3.05, 3.63) is 77.6 Å². The van der Waals surface area contributed by atoms with Crippen LogP contribution in [0.3, 0.4) is 0 Å². The van der Waals surface area contributed by atoms with Gasteiger partial charge in [0.1, 0.15) is 5.82 Å². The molecular weight excluding hydrogens is 327 g/mol. The Hall–Kier alpha value is -2.56. The lowest BCUT2D eigenvalue weighted by Crippen LogP contribution is -2.37. The Balaban J connectivity index is 1.68. The fourth-order valence-electron chi connectivity index (χ4n) is 3.04. The highest BCUT2D eigenvalue weighted by atomic mass is 19.3. The molecule has 25 heavy (non-hydrogen) atoms. The maximum absolute atomic E-state index is 14.4. The number of hydrogen-bond acceptors (Lipinski definition) is 1. The predicted octanol–water partition coefficient (Wildman–Crippen LogP) is 5.29. The normalized spacial score (nSPS) is 17.7. The van der Waals surface area contributed by atoms with Crippen molar-refractivity contribution in [2.24, 2.45) is 0 Å². The van der Waals surface area contributed by atoms with Gasteiger partial charge in [-0.25, -0.2) is 4.39 Å². The first-order chi connectivity index (χ1) is 12.0. The number of amides is 1. The number of carbonyl (C=O) groups is 1. The SMILES string of the molecule is O=C(Nc1ccc(F)cc1)C(F)(F)C1=CC[C@@H](c2ccccc2)CC1. The highest BCUT2D eigenvalue weighted by Gasteiger charge is 2.43. The highest BCUT2D eigenvalue weighted by Crippen LogP contribution is 2.38. The van der Waals surface area contributed by atoms with Gasteiger partial charge < -0.3 is 5.32 Å². The summed E-state index contributed by atoms with van der Waals surface area (Å²) in [5.41, 5.74) is 1.11. The topological polar surface area (TPSA) is 29.1 Å². The van der Waals surface area contributed by atoms with Crippen LogP contribution in [0, 0.1) is 5.82 Å². The van der Waals surface area contributed by atoms with E-state index in [4.69, 9.17) is 0 Å². The molecular formula is C20H18F3NO. The van der Waals surface area contributed by atoms with E-state index in [1.807, 2.05) is 30.3 Å². The number of halogens is 3. The summed E-state index contributed by atoms with van der Waals surface area (Å²) in [5.74, 6) is -5.26. The smallest absolute Gasteiger partial charge is 0.321 e. The summed E-state index contributed by atoms with van der Waals surface area (Å²) >= 11 is 0. The van der Waals surface area contributed by atoms with Gasteiger partial charge in [0.05, 0.1) is 0 Å². The Morgan fingerprint density at radius 3 is 2.32 bits per heavy atom. The van der Waals surface area contributed by atoms with Crippen LogP contribution in [0.15, 0.2) is 66.2 Å². The van der Waals surface area contributed by atoms with Gasteiger partial charge in [-0.2, -0.15) is 8.78 Å². The molecule has 3 rings (SSSR count). The number of hydrogen-bond donors (Lipinski definition) is 1. The molecule has 2 aromatic rings. The summed E-state index contributed by atoms with van der Waals surface area (Å²) in [6, 6.07) is 14.5. The van der Waals surface area contributed by atoms with Gasteiger partial charge in [-0.1, -0.05) is 36.4 Å². The third-order valence-electron chi connectivity index (χ3n) is 4.47. The summed E-state index contributed by atoms with van der Waals surface area (Å²) in [6.07, 6.45) is 2.71. The lowest BCUT2D eigenvalue weighted by atomic mass is 9.83. The average Bonchev–Trinajstić information content (AvgIpc) is 2.64. The Labute approximate surface area is 144 Å². The molecule has 0 bridgehead atoms. The van der Waals surface area contributed by atoms with Gasteiger partial charge in [0.2, 0.25) is 0 Å². The molecule has 0 heterocycles. The average molecular weight is 345 g/mol. The van der Waals surface area contributed by atoms with Gasteiger partial charge in [0.15, 0.2) is 0 Å². The quantitative estimate of drug-likeness (QED) is 0.749. The minimum Gasteiger partial charge on any atom is -0.321 e. The monoisotopic (exact) mass is 345 g/mol. The number of rotatable bonds is 4. The van der Waals surface area contributed by atoms with Crippen molar-refractivity contribution in [2.45, 2.75) is 31.1 Å². The first-order valence-electron chi connectivity index (χ1n) is 8.16. The van der Waals surface area contributed by atoms with E-state index >= 15 is 0 Å². The van der Waals surface area contributed by atoms with Crippen molar-refractivity contribution in [1.29, 1.82) is 0 Å². The van der Waals surface area contributed by atoms with Crippen molar-refractivity contribution in [3.63, 3.8) is 0 Å². The molecule has 0 spiro atoms. The van der Waals surface area contributed by atoms with Crippen molar-refractivity contribution in [3.8, 4) is 0 Å². The molecule has 0 unspecified atom stereocenters. The molecule has 5 heteroatoms. The molecule has 130 valence electrons. The Morgan fingerprint density at radius 1 is 1.04 bits per heavy atom. The van der Waals surface area contributed by atoms with E-state index in [-0.39, 0.29) is 23.6 Å². The Bertz CT molecular complexity index is 769.